The Labute approximate surface area is 145 Å². The van der Waals surface area contributed by atoms with Gasteiger partial charge in [-0.3, -0.25) is 9.69 Å². The first-order valence-corrected chi connectivity index (χ1v) is 8.24. The molecule has 0 radical (unpaired) electrons. The highest BCUT2D eigenvalue weighted by Crippen LogP contribution is 2.28. The molecule has 6 heteroatoms. The molecular formula is C19H20F2N2O2. The fourth-order valence-electron chi connectivity index (χ4n) is 2.71. The molecule has 0 spiro atoms. The number of hydrogen-bond donors (Lipinski definition) is 2. The summed E-state index contributed by atoms with van der Waals surface area (Å²) in [5.74, 6) is -0.932. The summed E-state index contributed by atoms with van der Waals surface area (Å²) >= 11 is 0. The van der Waals surface area contributed by atoms with Crippen molar-refractivity contribution in [2.24, 2.45) is 0 Å². The third-order valence-corrected chi connectivity index (χ3v) is 4.20. The van der Waals surface area contributed by atoms with Crippen molar-refractivity contribution in [3.8, 4) is 0 Å². The van der Waals surface area contributed by atoms with E-state index in [0.29, 0.717) is 17.8 Å². The molecule has 1 aliphatic carbocycles. The molecule has 1 saturated carbocycles. The summed E-state index contributed by atoms with van der Waals surface area (Å²) in [7, 11) is 0. The molecular weight excluding hydrogens is 326 g/mol. The minimum atomic E-state index is -0.792. The van der Waals surface area contributed by atoms with Crippen LogP contribution in [0.15, 0.2) is 48.5 Å². The lowest BCUT2D eigenvalue weighted by Crippen LogP contribution is -2.37. The van der Waals surface area contributed by atoms with Crippen LogP contribution >= 0.6 is 0 Å². The van der Waals surface area contributed by atoms with Gasteiger partial charge in [0.1, 0.15) is 11.6 Å². The fraction of sp³-hybridized carbons (Fsp3) is 0.316. The number of nitrogens with zero attached hydrogens (tertiary/aromatic N) is 1. The Hall–Kier alpha value is -2.31. The number of benzene rings is 2. The molecule has 4 nitrogen and oxygen atoms in total. The van der Waals surface area contributed by atoms with Crippen LogP contribution in [0.5, 0.6) is 0 Å². The first kappa shape index (κ1) is 17.5. The maximum Gasteiger partial charge on any atom is 0.238 e. The Balaban J connectivity index is 1.58. The highest BCUT2D eigenvalue weighted by Gasteiger charge is 2.31. The number of aliphatic hydroxyl groups excluding tert-OH is 1. The Morgan fingerprint density at radius 2 is 1.64 bits per heavy atom. The molecule has 1 fully saturated rings. The van der Waals surface area contributed by atoms with Crippen molar-refractivity contribution in [2.45, 2.75) is 25.0 Å². The van der Waals surface area contributed by atoms with Crippen molar-refractivity contribution >= 4 is 11.6 Å². The molecule has 0 heterocycles. The number of anilines is 1. The molecule has 1 amide bonds. The van der Waals surface area contributed by atoms with Crippen LogP contribution in [0.25, 0.3) is 0 Å². The van der Waals surface area contributed by atoms with Crippen LogP contribution in [-0.4, -0.2) is 35.0 Å². The van der Waals surface area contributed by atoms with Crippen molar-refractivity contribution in [2.75, 3.05) is 18.4 Å². The molecule has 132 valence electrons. The lowest BCUT2D eigenvalue weighted by molar-refractivity contribution is -0.117. The van der Waals surface area contributed by atoms with Crippen LogP contribution in [0.1, 0.15) is 24.5 Å². The number of nitrogens with one attached hydrogen (secondary N) is 1. The van der Waals surface area contributed by atoms with Gasteiger partial charge in [0.05, 0.1) is 12.6 Å². The smallest absolute Gasteiger partial charge is 0.238 e. The van der Waals surface area contributed by atoms with Crippen LogP contribution in [-0.2, 0) is 4.79 Å². The molecule has 0 saturated heterocycles. The zero-order valence-corrected chi connectivity index (χ0v) is 13.7. The van der Waals surface area contributed by atoms with Crippen LogP contribution in [0.4, 0.5) is 14.5 Å². The van der Waals surface area contributed by atoms with E-state index in [0.717, 1.165) is 12.8 Å². The summed E-state index contributed by atoms with van der Waals surface area (Å²) in [5.41, 5.74) is 1.15. The third kappa shape index (κ3) is 5.08. The van der Waals surface area contributed by atoms with Crippen molar-refractivity contribution in [3.05, 3.63) is 65.7 Å². The van der Waals surface area contributed by atoms with Gasteiger partial charge in [0.2, 0.25) is 5.91 Å². The summed E-state index contributed by atoms with van der Waals surface area (Å²) in [5, 5.41) is 13.1. The van der Waals surface area contributed by atoms with Crippen molar-refractivity contribution in [1.82, 2.24) is 4.90 Å². The van der Waals surface area contributed by atoms with Crippen LogP contribution in [0.2, 0.25) is 0 Å². The van der Waals surface area contributed by atoms with Gasteiger partial charge in [-0.1, -0.05) is 12.1 Å². The molecule has 2 N–H and O–H groups in total. The minimum Gasteiger partial charge on any atom is -0.387 e. The molecule has 1 aliphatic rings. The van der Waals surface area contributed by atoms with E-state index in [1.54, 1.807) is 12.1 Å². The average Bonchev–Trinajstić information content (AvgIpc) is 3.42. The molecule has 25 heavy (non-hydrogen) atoms. The summed E-state index contributed by atoms with van der Waals surface area (Å²) in [6, 6.07) is 11.5. The highest BCUT2D eigenvalue weighted by atomic mass is 19.1. The topological polar surface area (TPSA) is 52.6 Å². The number of carbonyl (C=O) groups is 1. The quantitative estimate of drug-likeness (QED) is 0.810. The molecule has 1 atom stereocenters. The van der Waals surface area contributed by atoms with Crippen LogP contribution in [0.3, 0.4) is 0 Å². The van der Waals surface area contributed by atoms with Crippen molar-refractivity contribution in [1.29, 1.82) is 0 Å². The molecule has 2 aromatic carbocycles. The maximum atomic E-state index is 13.0. The van der Waals surface area contributed by atoms with Gasteiger partial charge in [0.15, 0.2) is 0 Å². The lowest BCUT2D eigenvalue weighted by atomic mass is 10.1. The molecule has 3 rings (SSSR count). The summed E-state index contributed by atoms with van der Waals surface area (Å²) in [6.45, 7) is 0.438. The van der Waals surface area contributed by atoms with Gasteiger partial charge in [-0.15, -0.1) is 0 Å². The van der Waals surface area contributed by atoms with Gasteiger partial charge < -0.3 is 10.4 Å². The van der Waals surface area contributed by atoms with Gasteiger partial charge in [-0.2, -0.15) is 0 Å². The normalized spacial score (nSPS) is 15.2. The predicted octanol–water partition coefficient (Wildman–Crippen LogP) is 3.10. The van der Waals surface area contributed by atoms with E-state index >= 15 is 0 Å². The van der Waals surface area contributed by atoms with Crippen molar-refractivity contribution < 1.29 is 18.7 Å². The zero-order valence-electron chi connectivity index (χ0n) is 13.7. The van der Waals surface area contributed by atoms with E-state index in [4.69, 9.17) is 0 Å². The van der Waals surface area contributed by atoms with Crippen molar-refractivity contribution in [3.63, 3.8) is 0 Å². The Morgan fingerprint density at radius 1 is 1.08 bits per heavy atom. The maximum absolute atomic E-state index is 13.0. The molecule has 2 aromatic rings. The molecule has 0 bridgehead atoms. The molecule has 0 aromatic heterocycles. The Morgan fingerprint density at radius 3 is 2.20 bits per heavy atom. The highest BCUT2D eigenvalue weighted by molar-refractivity contribution is 5.92. The number of hydrogen-bond acceptors (Lipinski definition) is 3. The second-order valence-electron chi connectivity index (χ2n) is 6.28. The second kappa shape index (κ2) is 7.72. The minimum absolute atomic E-state index is 0.139. The van der Waals surface area contributed by atoms with Crippen LogP contribution in [0, 0.1) is 11.6 Å². The van der Waals surface area contributed by atoms with E-state index in [9.17, 15) is 18.7 Å². The van der Waals surface area contributed by atoms with Gasteiger partial charge in [-0.25, -0.2) is 8.78 Å². The number of amides is 1. The van der Waals surface area contributed by atoms with Gasteiger partial charge in [-0.05, 0) is 54.8 Å². The summed E-state index contributed by atoms with van der Waals surface area (Å²) < 4.78 is 25.9. The van der Waals surface area contributed by atoms with Gasteiger partial charge >= 0.3 is 0 Å². The van der Waals surface area contributed by atoms with E-state index < -0.39 is 6.10 Å². The average molecular weight is 346 g/mol. The third-order valence-electron chi connectivity index (χ3n) is 4.20. The zero-order chi connectivity index (χ0) is 17.8. The fourth-order valence-corrected chi connectivity index (χ4v) is 2.71. The monoisotopic (exact) mass is 346 g/mol. The summed E-state index contributed by atoms with van der Waals surface area (Å²) in [4.78, 5) is 14.1. The van der Waals surface area contributed by atoms with E-state index in [1.165, 1.54) is 36.4 Å². The Bertz CT molecular complexity index is 715. The number of rotatable bonds is 7. The van der Waals surface area contributed by atoms with Gasteiger partial charge in [0, 0.05) is 18.3 Å². The summed E-state index contributed by atoms with van der Waals surface area (Å²) in [6.07, 6.45) is 1.18. The Kier molecular flexibility index (Phi) is 5.40. The largest absolute Gasteiger partial charge is 0.387 e. The van der Waals surface area contributed by atoms with Crippen LogP contribution < -0.4 is 5.32 Å². The number of carbonyl (C=O) groups excluding carboxylic acids is 1. The lowest BCUT2D eigenvalue weighted by Gasteiger charge is -2.24. The van der Waals surface area contributed by atoms with E-state index in [-0.39, 0.29) is 30.1 Å². The predicted molar refractivity (Wildman–Crippen MR) is 91.0 cm³/mol. The van der Waals surface area contributed by atoms with Gasteiger partial charge in [0.25, 0.3) is 0 Å². The van der Waals surface area contributed by atoms with E-state index in [1.807, 2.05) is 4.90 Å². The standard InChI is InChI=1S/C19H20F2N2O2/c20-14-3-1-13(2-4-14)18(24)11-23(17-9-10-17)12-19(25)22-16-7-5-15(21)6-8-16/h1-8,17-18,24H,9-12H2,(H,22,25). The second-order valence-corrected chi connectivity index (χ2v) is 6.28. The SMILES string of the molecule is O=C(CN(CC(O)c1ccc(F)cc1)C1CC1)Nc1ccc(F)cc1. The van der Waals surface area contributed by atoms with E-state index in [2.05, 4.69) is 5.32 Å². The molecule has 1 unspecified atom stereocenters. The number of halogens is 2. The number of aliphatic hydroxyl groups is 1. The first-order chi connectivity index (χ1) is 12.0. The first-order valence-electron chi connectivity index (χ1n) is 8.24. The molecule has 0 aliphatic heterocycles.